The van der Waals surface area contributed by atoms with Crippen molar-refractivity contribution in [1.29, 1.82) is 0 Å². The van der Waals surface area contributed by atoms with Gasteiger partial charge in [0.1, 0.15) is 11.8 Å². The lowest BCUT2D eigenvalue weighted by Gasteiger charge is -2.40. The summed E-state index contributed by atoms with van der Waals surface area (Å²) in [5.41, 5.74) is 1.08. The van der Waals surface area contributed by atoms with Gasteiger partial charge in [-0.25, -0.2) is 0 Å². The molecule has 3 N–H and O–H groups in total. The molecule has 7 atom stereocenters. The molecule has 2 aromatic carbocycles. The van der Waals surface area contributed by atoms with Gasteiger partial charge in [-0.05, 0) is 61.6 Å². The van der Waals surface area contributed by atoms with E-state index in [4.69, 9.17) is 16.3 Å². The fraction of sp³-hybridized carbons (Fsp3) is 0.500. The number of aliphatic hydroxyl groups is 1. The van der Waals surface area contributed by atoms with Crippen molar-refractivity contribution in [3.05, 3.63) is 53.6 Å². The lowest BCUT2D eigenvalue weighted by atomic mass is 9.66. The molecule has 214 valence electrons. The standard InChI is InChI=1S/C30H36ClN3O5S/c1-5-39-19-12-10-18(11-13-19)32-27(36)24-23-14-17(4)30(40-23)25(24)29(38)34(22(15-35)16(2)3)26(30)28(37)33-21-9-7-6-8-20(21)31/h6-13,16-17,22-26,35H,5,14-15H2,1-4H3,(H,32,36)(H,33,37)/t17?,22-,23-,24+,25-,26?,30?/m0/s1. The first-order chi connectivity index (χ1) is 19.1. The Hall–Kier alpha value is -2.75. The molecule has 2 bridgehead atoms. The summed E-state index contributed by atoms with van der Waals surface area (Å²) in [5, 5.41) is 16.7. The maximum absolute atomic E-state index is 14.3. The van der Waals surface area contributed by atoms with Crippen LogP contribution in [0.2, 0.25) is 5.02 Å². The van der Waals surface area contributed by atoms with Crippen LogP contribution in [0.25, 0.3) is 0 Å². The Labute approximate surface area is 244 Å². The van der Waals surface area contributed by atoms with Gasteiger partial charge < -0.3 is 25.4 Å². The average molecular weight is 586 g/mol. The Bertz CT molecular complexity index is 1290. The van der Waals surface area contributed by atoms with E-state index in [2.05, 4.69) is 17.6 Å². The molecule has 0 saturated carbocycles. The van der Waals surface area contributed by atoms with Crippen molar-refractivity contribution in [2.45, 2.75) is 56.2 Å². The number of aliphatic hydroxyl groups excluding tert-OH is 1. The highest BCUT2D eigenvalue weighted by molar-refractivity contribution is 8.02. The van der Waals surface area contributed by atoms with Crippen LogP contribution in [0.1, 0.15) is 34.1 Å². The Kier molecular flexibility index (Phi) is 8.10. The van der Waals surface area contributed by atoms with Crippen molar-refractivity contribution in [3.63, 3.8) is 0 Å². The number of ether oxygens (including phenoxy) is 1. The van der Waals surface area contributed by atoms with E-state index in [9.17, 15) is 19.5 Å². The Morgan fingerprint density at radius 2 is 1.85 bits per heavy atom. The molecule has 0 aliphatic carbocycles. The number of likely N-dealkylation sites (tertiary alicyclic amines) is 1. The van der Waals surface area contributed by atoms with E-state index in [1.807, 2.05) is 20.8 Å². The lowest BCUT2D eigenvalue weighted by molar-refractivity contribution is -0.142. The first-order valence-electron chi connectivity index (χ1n) is 13.8. The average Bonchev–Trinajstić information content (AvgIpc) is 3.51. The highest BCUT2D eigenvalue weighted by Gasteiger charge is 2.76. The molecule has 3 unspecified atom stereocenters. The van der Waals surface area contributed by atoms with Gasteiger partial charge in [0.05, 0.1) is 46.5 Å². The van der Waals surface area contributed by atoms with Gasteiger partial charge in [0, 0.05) is 10.9 Å². The van der Waals surface area contributed by atoms with Gasteiger partial charge in [0.15, 0.2) is 0 Å². The first kappa shape index (κ1) is 28.8. The molecule has 0 aromatic heterocycles. The number of carbonyl (C=O) groups is 3. The fourth-order valence-corrected chi connectivity index (χ4v) is 9.42. The highest BCUT2D eigenvalue weighted by Crippen LogP contribution is 2.69. The summed E-state index contributed by atoms with van der Waals surface area (Å²) in [4.78, 5) is 43.8. The molecule has 5 rings (SSSR count). The van der Waals surface area contributed by atoms with Gasteiger partial charge in [-0.2, -0.15) is 0 Å². The second kappa shape index (κ2) is 11.3. The molecule has 0 radical (unpaired) electrons. The number of anilines is 2. The number of hydrogen-bond donors (Lipinski definition) is 3. The third-order valence-corrected chi connectivity index (χ3v) is 11.0. The van der Waals surface area contributed by atoms with Crippen molar-refractivity contribution >= 4 is 52.5 Å². The predicted molar refractivity (Wildman–Crippen MR) is 158 cm³/mol. The number of rotatable bonds is 9. The van der Waals surface area contributed by atoms with Crippen molar-refractivity contribution in [1.82, 2.24) is 4.90 Å². The largest absolute Gasteiger partial charge is 0.494 e. The molecule has 8 nitrogen and oxygen atoms in total. The lowest BCUT2D eigenvalue weighted by Crippen LogP contribution is -2.57. The number of nitrogens with zero attached hydrogens (tertiary/aromatic N) is 1. The zero-order valence-corrected chi connectivity index (χ0v) is 24.7. The van der Waals surface area contributed by atoms with Crippen molar-refractivity contribution < 1.29 is 24.2 Å². The molecule has 3 heterocycles. The summed E-state index contributed by atoms with van der Waals surface area (Å²) >= 11 is 7.96. The first-order valence-corrected chi connectivity index (χ1v) is 15.1. The minimum absolute atomic E-state index is 0.00414. The van der Waals surface area contributed by atoms with Gasteiger partial charge in [-0.3, -0.25) is 14.4 Å². The molecule has 3 saturated heterocycles. The second-order valence-electron chi connectivity index (χ2n) is 11.2. The summed E-state index contributed by atoms with van der Waals surface area (Å²) in [5.74, 6) is -1.52. The van der Waals surface area contributed by atoms with Crippen LogP contribution in [-0.2, 0) is 14.4 Å². The number of thioether (sulfide) groups is 1. The number of benzene rings is 2. The monoisotopic (exact) mass is 585 g/mol. The van der Waals surface area contributed by atoms with Crippen LogP contribution >= 0.6 is 23.4 Å². The Balaban J connectivity index is 1.51. The van der Waals surface area contributed by atoms with Gasteiger partial charge in [0.2, 0.25) is 17.7 Å². The van der Waals surface area contributed by atoms with Crippen LogP contribution in [-0.4, -0.2) is 63.0 Å². The topological polar surface area (TPSA) is 108 Å². The van der Waals surface area contributed by atoms with Gasteiger partial charge >= 0.3 is 0 Å². The molecule has 3 amide bonds. The normalized spacial score (nSPS) is 29.4. The van der Waals surface area contributed by atoms with Crippen LogP contribution in [0.15, 0.2) is 48.5 Å². The molecular formula is C30H36ClN3O5S. The van der Waals surface area contributed by atoms with E-state index in [0.29, 0.717) is 35.2 Å². The molecule has 3 aliphatic rings. The predicted octanol–water partition coefficient (Wildman–Crippen LogP) is 4.67. The summed E-state index contributed by atoms with van der Waals surface area (Å²) in [7, 11) is 0. The zero-order valence-electron chi connectivity index (χ0n) is 23.1. The third kappa shape index (κ3) is 4.65. The number of carbonyl (C=O) groups excluding carboxylic acids is 3. The van der Waals surface area contributed by atoms with Crippen molar-refractivity contribution in [3.8, 4) is 5.75 Å². The van der Waals surface area contributed by atoms with E-state index >= 15 is 0 Å². The molecular weight excluding hydrogens is 550 g/mol. The van der Waals surface area contributed by atoms with Gasteiger partial charge in [-0.15, -0.1) is 11.8 Å². The summed E-state index contributed by atoms with van der Waals surface area (Å²) in [6, 6.07) is 12.7. The number of nitrogens with one attached hydrogen (secondary N) is 2. The Morgan fingerprint density at radius 3 is 2.48 bits per heavy atom. The van der Waals surface area contributed by atoms with Crippen LogP contribution in [0.4, 0.5) is 11.4 Å². The summed E-state index contributed by atoms with van der Waals surface area (Å²) < 4.78 is 4.69. The van der Waals surface area contributed by atoms with E-state index < -0.39 is 28.7 Å². The molecule has 1 spiro atoms. The summed E-state index contributed by atoms with van der Waals surface area (Å²) in [6.07, 6.45) is 0.713. The SMILES string of the molecule is CCOc1ccc(NC(=O)[C@@H]2[C@@H]3CC(C)C4(S3)C(C(=O)Nc3ccccc3Cl)N([C@@H](CO)C(C)C)C(=O)[C@H]24)cc1. The minimum Gasteiger partial charge on any atom is -0.494 e. The van der Waals surface area contributed by atoms with Crippen molar-refractivity contribution in [2.24, 2.45) is 23.7 Å². The number of amides is 3. The Morgan fingerprint density at radius 1 is 1.15 bits per heavy atom. The zero-order chi connectivity index (χ0) is 28.8. The number of halogens is 1. The van der Waals surface area contributed by atoms with Crippen LogP contribution in [0, 0.1) is 23.7 Å². The highest BCUT2D eigenvalue weighted by atomic mass is 35.5. The third-order valence-electron chi connectivity index (χ3n) is 8.61. The number of fused-ring (bicyclic) bond motifs is 1. The summed E-state index contributed by atoms with van der Waals surface area (Å²) in [6.45, 7) is 8.08. The van der Waals surface area contributed by atoms with E-state index in [1.165, 1.54) is 0 Å². The molecule has 3 fully saturated rings. The minimum atomic E-state index is -0.867. The molecule has 40 heavy (non-hydrogen) atoms. The maximum Gasteiger partial charge on any atom is 0.248 e. The fourth-order valence-electron chi connectivity index (χ4n) is 6.83. The quantitative estimate of drug-likeness (QED) is 0.395. The van der Waals surface area contributed by atoms with E-state index in [1.54, 1.807) is 65.2 Å². The number of para-hydroxylation sites is 1. The van der Waals surface area contributed by atoms with E-state index in [0.717, 1.165) is 0 Å². The maximum atomic E-state index is 14.3. The molecule has 10 heteroatoms. The molecule has 3 aliphatic heterocycles. The molecule has 2 aromatic rings. The van der Waals surface area contributed by atoms with Crippen LogP contribution < -0.4 is 15.4 Å². The second-order valence-corrected chi connectivity index (χ2v) is 13.2. The number of hydrogen-bond acceptors (Lipinski definition) is 6. The smallest absolute Gasteiger partial charge is 0.248 e. The van der Waals surface area contributed by atoms with Crippen LogP contribution in [0.3, 0.4) is 0 Å². The van der Waals surface area contributed by atoms with Crippen molar-refractivity contribution in [2.75, 3.05) is 23.8 Å². The van der Waals surface area contributed by atoms with Gasteiger partial charge in [0.25, 0.3) is 0 Å². The van der Waals surface area contributed by atoms with Crippen LogP contribution in [0.5, 0.6) is 5.75 Å². The van der Waals surface area contributed by atoms with Gasteiger partial charge in [-0.1, -0.05) is 44.5 Å². The van der Waals surface area contributed by atoms with E-state index in [-0.39, 0.29) is 41.4 Å².